The summed E-state index contributed by atoms with van der Waals surface area (Å²) in [4.78, 5) is 22.5. The Morgan fingerprint density at radius 3 is 3.00 bits per heavy atom. The minimum atomic E-state index is -0.0404. The first-order chi connectivity index (χ1) is 10.7. The molecule has 1 saturated heterocycles. The molecule has 1 amide bonds. The molecule has 1 aliphatic heterocycles. The number of amides is 1. The van der Waals surface area contributed by atoms with E-state index in [1.165, 1.54) is 0 Å². The highest BCUT2D eigenvalue weighted by atomic mass is 79.9. The number of piperidine rings is 1. The number of aromatic nitrogens is 2. The van der Waals surface area contributed by atoms with Gasteiger partial charge in [-0.1, -0.05) is 0 Å². The summed E-state index contributed by atoms with van der Waals surface area (Å²) in [6, 6.07) is 2.36. The van der Waals surface area contributed by atoms with Gasteiger partial charge in [-0.3, -0.25) is 4.79 Å². The van der Waals surface area contributed by atoms with Gasteiger partial charge in [0.05, 0.1) is 17.4 Å². The van der Waals surface area contributed by atoms with Gasteiger partial charge in [-0.2, -0.15) is 11.3 Å². The molecule has 116 valence electrons. The van der Waals surface area contributed by atoms with Crippen LogP contribution in [0, 0.1) is 0 Å². The van der Waals surface area contributed by atoms with Crippen molar-refractivity contribution in [1.82, 2.24) is 14.9 Å². The standard InChI is InChI=1S/C15H16BrN3O2S/c16-12-7-17-15(18-8-12)21-13-2-1-4-19(9-13)14(20)6-11-3-5-22-10-11/h3,5,7-8,10,13H,1-2,4,6,9H2/t13-/m0/s1. The van der Waals surface area contributed by atoms with Crippen molar-refractivity contribution in [2.45, 2.75) is 25.4 Å². The second kappa shape index (κ2) is 7.19. The molecule has 1 atom stereocenters. The van der Waals surface area contributed by atoms with Gasteiger partial charge in [-0.25, -0.2) is 9.97 Å². The molecule has 1 fully saturated rings. The highest BCUT2D eigenvalue weighted by Crippen LogP contribution is 2.18. The molecule has 0 saturated carbocycles. The van der Waals surface area contributed by atoms with Crippen molar-refractivity contribution in [3.63, 3.8) is 0 Å². The van der Waals surface area contributed by atoms with E-state index in [0.29, 0.717) is 19.0 Å². The third kappa shape index (κ3) is 4.04. The third-order valence-electron chi connectivity index (χ3n) is 3.54. The molecule has 3 rings (SSSR count). The van der Waals surface area contributed by atoms with E-state index in [-0.39, 0.29) is 12.0 Å². The first-order valence-electron chi connectivity index (χ1n) is 7.14. The van der Waals surface area contributed by atoms with Crippen LogP contribution in [0.3, 0.4) is 0 Å². The number of rotatable bonds is 4. The van der Waals surface area contributed by atoms with Crippen LogP contribution in [0.5, 0.6) is 6.01 Å². The molecule has 0 radical (unpaired) electrons. The van der Waals surface area contributed by atoms with E-state index in [9.17, 15) is 4.79 Å². The van der Waals surface area contributed by atoms with E-state index in [4.69, 9.17) is 4.74 Å². The molecule has 1 aliphatic rings. The van der Waals surface area contributed by atoms with Crippen LogP contribution in [0.2, 0.25) is 0 Å². The van der Waals surface area contributed by atoms with Crippen molar-refractivity contribution in [3.8, 4) is 6.01 Å². The lowest BCUT2D eigenvalue weighted by atomic mass is 10.1. The number of thiophene rings is 1. The molecule has 7 heteroatoms. The van der Waals surface area contributed by atoms with Crippen LogP contribution in [0.4, 0.5) is 0 Å². The summed E-state index contributed by atoms with van der Waals surface area (Å²) < 4.78 is 6.61. The summed E-state index contributed by atoms with van der Waals surface area (Å²) in [6.07, 6.45) is 5.60. The molecule has 2 aromatic heterocycles. The Labute approximate surface area is 141 Å². The summed E-state index contributed by atoms with van der Waals surface area (Å²) in [7, 11) is 0. The van der Waals surface area contributed by atoms with Crippen LogP contribution in [0.15, 0.2) is 33.7 Å². The van der Waals surface area contributed by atoms with Gasteiger partial charge in [0, 0.05) is 18.9 Å². The summed E-state index contributed by atoms with van der Waals surface area (Å²) in [6.45, 7) is 1.40. The SMILES string of the molecule is O=C(Cc1ccsc1)N1CCC[C@H](Oc2ncc(Br)cn2)C1. The fourth-order valence-electron chi connectivity index (χ4n) is 2.45. The molecule has 22 heavy (non-hydrogen) atoms. The number of halogens is 1. The lowest BCUT2D eigenvalue weighted by molar-refractivity contribution is -0.133. The van der Waals surface area contributed by atoms with E-state index in [1.807, 2.05) is 21.7 Å². The Morgan fingerprint density at radius 1 is 1.45 bits per heavy atom. The molecule has 2 aromatic rings. The molecular weight excluding hydrogens is 366 g/mol. The zero-order valence-corrected chi connectivity index (χ0v) is 14.3. The van der Waals surface area contributed by atoms with Gasteiger partial charge in [0.25, 0.3) is 0 Å². The molecule has 0 spiro atoms. The molecule has 0 bridgehead atoms. The van der Waals surface area contributed by atoms with Crippen molar-refractivity contribution in [2.75, 3.05) is 13.1 Å². The number of hydrogen-bond donors (Lipinski definition) is 0. The van der Waals surface area contributed by atoms with Crippen molar-refractivity contribution in [1.29, 1.82) is 0 Å². The van der Waals surface area contributed by atoms with Gasteiger partial charge in [0.15, 0.2) is 0 Å². The Balaban J connectivity index is 1.56. The lowest BCUT2D eigenvalue weighted by Crippen LogP contribution is -2.45. The minimum Gasteiger partial charge on any atom is -0.458 e. The van der Waals surface area contributed by atoms with Crippen LogP contribution >= 0.6 is 27.3 Å². The highest BCUT2D eigenvalue weighted by Gasteiger charge is 2.25. The number of likely N-dealkylation sites (tertiary alicyclic amines) is 1. The summed E-state index contributed by atoms with van der Waals surface area (Å²) in [5.74, 6) is 0.156. The Hall–Kier alpha value is -1.47. The first-order valence-corrected chi connectivity index (χ1v) is 8.87. The predicted molar refractivity (Wildman–Crippen MR) is 88.0 cm³/mol. The third-order valence-corrected chi connectivity index (χ3v) is 4.68. The van der Waals surface area contributed by atoms with Gasteiger partial charge in [-0.15, -0.1) is 0 Å². The molecule has 0 aromatic carbocycles. The van der Waals surface area contributed by atoms with Crippen LogP contribution in [-0.2, 0) is 11.2 Å². The maximum Gasteiger partial charge on any atom is 0.316 e. The van der Waals surface area contributed by atoms with Gasteiger partial charge in [0.1, 0.15) is 6.10 Å². The fourth-order valence-corrected chi connectivity index (χ4v) is 3.32. The molecule has 0 unspecified atom stereocenters. The normalized spacial score (nSPS) is 18.2. The topological polar surface area (TPSA) is 55.3 Å². The molecule has 3 heterocycles. The monoisotopic (exact) mass is 381 g/mol. The summed E-state index contributed by atoms with van der Waals surface area (Å²) in [5.41, 5.74) is 1.08. The Bertz CT molecular complexity index is 618. The number of nitrogens with zero attached hydrogens (tertiary/aromatic N) is 3. The second-order valence-electron chi connectivity index (χ2n) is 5.21. The van der Waals surface area contributed by atoms with Crippen molar-refractivity contribution in [2.24, 2.45) is 0 Å². The highest BCUT2D eigenvalue weighted by molar-refractivity contribution is 9.10. The predicted octanol–water partition coefficient (Wildman–Crippen LogP) is 2.91. The minimum absolute atomic E-state index is 0.0404. The zero-order chi connectivity index (χ0) is 15.4. The molecule has 0 N–H and O–H groups in total. The van der Waals surface area contributed by atoms with E-state index < -0.39 is 0 Å². The van der Waals surface area contributed by atoms with E-state index in [2.05, 4.69) is 25.9 Å². The number of hydrogen-bond acceptors (Lipinski definition) is 5. The van der Waals surface area contributed by atoms with Crippen molar-refractivity contribution < 1.29 is 9.53 Å². The largest absolute Gasteiger partial charge is 0.458 e. The molecule has 5 nitrogen and oxygen atoms in total. The number of ether oxygens (including phenoxy) is 1. The molecular formula is C15H16BrN3O2S. The van der Waals surface area contributed by atoms with Gasteiger partial charge >= 0.3 is 6.01 Å². The fraction of sp³-hybridized carbons (Fsp3) is 0.400. The van der Waals surface area contributed by atoms with Gasteiger partial charge < -0.3 is 9.64 Å². The Morgan fingerprint density at radius 2 is 2.27 bits per heavy atom. The summed E-state index contributed by atoms with van der Waals surface area (Å²) >= 11 is 4.91. The zero-order valence-electron chi connectivity index (χ0n) is 11.9. The van der Waals surface area contributed by atoms with Crippen LogP contribution in [-0.4, -0.2) is 40.0 Å². The summed E-state index contributed by atoms with van der Waals surface area (Å²) in [5, 5.41) is 4.01. The van der Waals surface area contributed by atoms with Crippen molar-refractivity contribution >= 4 is 33.2 Å². The first kappa shape index (κ1) is 15.4. The van der Waals surface area contributed by atoms with E-state index in [0.717, 1.165) is 29.4 Å². The quantitative estimate of drug-likeness (QED) is 0.816. The van der Waals surface area contributed by atoms with Gasteiger partial charge in [0.2, 0.25) is 5.91 Å². The number of carbonyl (C=O) groups excluding carboxylic acids is 1. The Kier molecular flexibility index (Phi) is 5.04. The molecule has 0 aliphatic carbocycles. The average molecular weight is 382 g/mol. The van der Waals surface area contributed by atoms with Crippen LogP contribution in [0.25, 0.3) is 0 Å². The van der Waals surface area contributed by atoms with Gasteiger partial charge in [-0.05, 0) is 51.2 Å². The van der Waals surface area contributed by atoms with E-state index >= 15 is 0 Å². The average Bonchev–Trinajstić information content (AvgIpc) is 3.03. The van der Waals surface area contributed by atoms with Crippen LogP contribution in [0.1, 0.15) is 18.4 Å². The van der Waals surface area contributed by atoms with E-state index in [1.54, 1.807) is 23.7 Å². The smallest absolute Gasteiger partial charge is 0.316 e. The van der Waals surface area contributed by atoms with Crippen molar-refractivity contribution in [3.05, 3.63) is 39.3 Å². The van der Waals surface area contributed by atoms with Crippen LogP contribution < -0.4 is 4.74 Å². The second-order valence-corrected chi connectivity index (χ2v) is 6.91. The maximum atomic E-state index is 12.3. The lowest BCUT2D eigenvalue weighted by Gasteiger charge is -2.32. The number of carbonyl (C=O) groups is 1. The maximum absolute atomic E-state index is 12.3.